The lowest BCUT2D eigenvalue weighted by molar-refractivity contribution is 0.280. The van der Waals surface area contributed by atoms with Crippen LogP contribution >= 0.6 is 27.5 Å². The molecule has 0 aliphatic carbocycles. The predicted molar refractivity (Wildman–Crippen MR) is 75.8 cm³/mol. The number of rotatable bonds is 4. The molecule has 0 aromatic heterocycles. The van der Waals surface area contributed by atoms with E-state index in [0.29, 0.717) is 26.4 Å². The molecule has 0 radical (unpaired) electrons. The molecular weight excluding hydrogens is 335 g/mol. The minimum Gasteiger partial charge on any atom is -0.486 e. The molecule has 2 aromatic rings. The third-order valence-electron chi connectivity index (χ3n) is 2.51. The summed E-state index contributed by atoms with van der Waals surface area (Å²) in [6, 6.07) is 9.54. The van der Waals surface area contributed by atoms with Crippen LogP contribution in [0.1, 0.15) is 11.1 Å². The second-order valence-corrected chi connectivity index (χ2v) is 5.23. The Kier molecular flexibility index (Phi) is 4.80. The fourth-order valence-corrected chi connectivity index (χ4v) is 2.66. The SMILES string of the molecule is OCc1cc(Cl)c(OCc2cccc(F)c2)c(Br)c1. The molecule has 0 aliphatic heterocycles. The fourth-order valence-electron chi connectivity index (χ4n) is 1.62. The molecule has 1 N–H and O–H groups in total. The highest BCUT2D eigenvalue weighted by atomic mass is 79.9. The van der Waals surface area contributed by atoms with Crippen molar-refractivity contribution >= 4 is 27.5 Å². The fraction of sp³-hybridized carbons (Fsp3) is 0.143. The molecule has 0 saturated heterocycles. The van der Waals surface area contributed by atoms with Gasteiger partial charge in [-0.3, -0.25) is 0 Å². The number of aliphatic hydroxyl groups is 1. The summed E-state index contributed by atoms with van der Waals surface area (Å²) in [4.78, 5) is 0. The number of ether oxygens (including phenoxy) is 1. The molecule has 0 atom stereocenters. The van der Waals surface area contributed by atoms with Gasteiger partial charge in [0.1, 0.15) is 12.4 Å². The number of halogens is 3. The monoisotopic (exact) mass is 344 g/mol. The van der Waals surface area contributed by atoms with Crippen molar-refractivity contribution in [3.05, 3.63) is 62.8 Å². The van der Waals surface area contributed by atoms with Gasteiger partial charge in [-0.15, -0.1) is 0 Å². The van der Waals surface area contributed by atoms with Gasteiger partial charge in [-0.1, -0.05) is 23.7 Å². The molecule has 100 valence electrons. The van der Waals surface area contributed by atoms with Crippen LogP contribution in [0, 0.1) is 5.82 Å². The normalized spacial score (nSPS) is 10.5. The minimum atomic E-state index is -0.304. The lowest BCUT2D eigenvalue weighted by Crippen LogP contribution is -1.98. The maximum Gasteiger partial charge on any atom is 0.152 e. The molecule has 0 unspecified atom stereocenters. The quantitative estimate of drug-likeness (QED) is 0.894. The number of hydrogen-bond acceptors (Lipinski definition) is 2. The molecule has 0 saturated carbocycles. The van der Waals surface area contributed by atoms with E-state index in [1.165, 1.54) is 12.1 Å². The van der Waals surface area contributed by atoms with Crippen molar-refractivity contribution in [3.63, 3.8) is 0 Å². The van der Waals surface area contributed by atoms with Crippen molar-refractivity contribution in [2.24, 2.45) is 0 Å². The summed E-state index contributed by atoms with van der Waals surface area (Å²) in [6.07, 6.45) is 0. The van der Waals surface area contributed by atoms with Crippen molar-refractivity contribution in [1.29, 1.82) is 0 Å². The summed E-state index contributed by atoms with van der Waals surface area (Å²) in [6.45, 7) is 0.122. The number of aliphatic hydroxyl groups excluding tert-OH is 1. The van der Waals surface area contributed by atoms with Gasteiger partial charge in [0, 0.05) is 0 Å². The molecule has 0 heterocycles. The topological polar surface area (TPSA) is 29.5 Å². The van der Waals surface area contributed by atoms with Crippen LogP contribution in [-0.4, -0.2) is 5.11 Å². The molecular formula is C14H11BrClFO2. The summed E-state index contributed by atoms with van der Waals surface area (Å²) < 4.78 is 19.3. The summed E-state index contributed by atoms with van der Waals surface area (Å²) >= 11 is 9.40. The summed E-state index contributed by atoms with van der Waals surface area (Å²) in [7, 11) is 0. The molecule has 2 rings (SSSR count). The zero-order valence-electron chi connectivity index (χ0n) is 9.87. The van der Waals surface area contributed by atoms with Crippen molar-refractivity contribution in [3.8, 4) is 5.75 Å². The Morgan fingerprint density at radius 2 is 2.00 bits per heavy atom. The van der Waals surface area contributed by atoms with Gasteiger partial charge < -0.3 is 9.84 Å². The van der Waals surface area contributed by atoms with Crippen LogP contribution in [0.15, 0.2) is 40.9 Å². The van der Waals surface area contributed by atoms with Gasteiger partial charge in [0.2, 0.25) is 0 Å². The Bertz CT molecular complexity index is 566. The minimum absolute atomic E-state index is 0.0947. The van der Waals surface area contributed by atoms with E-state index >= 15 is 0 Å². The maximum atomic E-state index is 13.0. The lowest BCUT2D eigenvalue weighted by Gasteiger charge is -2.11. The molecule has 0 bridgehead atoms. The molecule has 0 amide bonds. The van der Waals surface area contributed by atoms with Gasteiger partial charge in [-0.05, 0) is 51.3 Å². The zero-order valence-corrected chi connectivity index (χ0v) is 12.2. The Hall–Kier alpha value is -1.10. The van der Waals surface area contributed by atoms with Crippen LogP contribution < -0.4 is 4.74 Å². The highest BCUT2D eigenvalue weighted by molar-refractivity contribution is 9.10. The van der Waals surface area contributed by atoms with Crippen LogP contribution in [-0.2, 0) is 13.2 Å². The van der Waals surface area contributed by atoms with Gasteiger partial charge in [0.05, 0.1) is 16.1 Å². The van der Waals surface area contributed by atoms with E-state index in [9.17, 15) is 4.39 Å². The smallest absolute Gasteiger partial charge is 0.152 e. The van der Waals surface area contributed by atoms with Crippen molar-refractivity contribution in [2.45, 2.75) is 13.2 Å². The van der Waals surface area contributed by atoms with Crippen LogP contribution in [0.5, 0.6) is 5.75 Å². The van der Waals surface area contributed by atoms with Gasteiger partial charge in [-0.25, -0.2) is 4.39 Å². The molecule has 19 heavy (non-hydrogen) atoms. The molecule has 0 aliphatic rings. The summed E-state index contributed by atoms with van der Waals surface area (Å²) in [5.41, 5.74) is 1.41. The van der Waals surface area contributed by atoms with Crippen LogP contribution in [0.25, 0.3) is 0 Å². The second-order valence-electron chi connectivity index (χ2n) is 3.97. The maximum absolute atomic E-state index is 13.0. The molecule has 2 aromatic carbocycles. The van der Waals surface area contributed by atoms with E-state index in [-0.39, 0.29) is 19.0 Å². The Morgan fingerprint density at radius 1 is 1.21 bits per heavy atom. The first-order valence-electron chi connectivity index (χ1n) is 5.56. The first kappa shape index (κ1) is 14.3. The van der Waals surface area contributed by atoms with Gasteiger partial charge in [0.15, 0.2) is 5.75 Å². The Labute approximate surface area is 123 Å². The van der Waals surface area contributed by atoms with E-state index in [0.717, 1.165) is 0 Å². The first-order valence-corrected chi connectivity index (χ1v) is 6.73. The van der Waals surface area contributed by atoms with E-state index in [1.807, 2.05) is 0 Å². The van der Waals surface area contributed by atoms with Crippen LogP contribution in [0.4, 0.5) is 4.39 Å². The van der Waals surface area contributed by atoms with Gasteiger partial charge >= 0.3 is 0 Å². The van der Waals surface area contributed by atoms with Crippen molar-refractivity contribution in [1.82, 2.24) is 0 Å². The molecule has 2 nitrogen and oxygen atoms in total. The van der Waals surface area contributed by atoms with Crippen molar-refractivity contribution in [2.75, 3.05) is 0 Å². The zero-order chi connectivity index (χ0) is 13.8. The van der Waals surface area contributed by atoms with E-state index in [2.05, 4.69) is 15.9 Å². The van der Waals surface area contributed by atoms with Crippen molar-refractivity contribution < 1.29 is 14.2 Å². The average molecular weight is 346 g/mol. The number of hydrogen-bond donors (Lipinski definition) is 1. The number of benzene rings is 2. The van der Waals surface area contributed by atoms with Crippen LogP contribution in [0.3, 0.4) is 0 Å². The highest BCUT2D eigenvalue weighted by Crippen LogP contribution is 2.35. The molecule has 0 fully saturated rings. The van der Waals surface area contributed by atoms with Gasteiger partial charge in [0.25, 0.3) is 0 Å². The third kappa shape index (κ3) is 3.69. The third-order valence-corrected chi connectivity index (χ3v) is 3.38. The Balaban J connectivity index is 2.16. The largest absolute Gasteiger partial charge is 0.486 e. The summed E-state index contributed by atoms with van der Waals surface area (Å²) in [5, 5.41) is 9.45. The highest BCUT2D eigenvalue weighted by Gasteiger charge is 2.09. The van der Waals surface area contributed by atoms with E-state index < -0.39 is 0 Å². The van der Waals surface area contributed by atoms with E-state index in [4.69, 9.17) is 21.4 Å². The first-order chi connectivity index (χ1) is 9.10. The summed E-state index contributed by atoms with van der Waals surface area (Å²) in [5.74, 6) is 0.171. The average Bonchev–Trinajstić information content (AvgIpc) is 2.37. The van der Waals surface area contributed by atoms with E-state index in [1.54, 1.807) is 24.3 Å². The predicted octanol–water partition coefficient (Wildman–Crippen LogP) is 4.31. The molecule has 0 spiro atoms. The Morgan fingerprint density at radius 3 is 2.63 bits per heavy atom. The lowest BCUT2D eigenvalue weighted by atomic mass is 10.2. The van der Waals surface area contributed by atoms with Gasteiger partial charge in [-0.2, -0.15) is 0 Å². The van der Waals surface area contributed by atoms with Crippen LogP contribution in [0.2, 0.25) is 5.02 Å². The molecule has 5 heteroatoms. The second kappa shape index (κ2) is 6.37. The standard InChI is InChI=1S/C14H11BrClFO2/c15-12-5-10(7-18)6-13(16)14(12)19-8-9-2-1-3-11(17)4-9/h1-6,18H,7-8H2.